The van der Waals surface area contributed by atoms with Crippen LogP contribution in [0.25, 0.3) is 0 Å². The van der Waals surface area contributed by atoms with Gasteiger partial charge >= 0.3 is 21.1 Å². The summed E-state index contributed by atoms with van der Waals surface area (Å²) in [5, 5.41) is 20.0. The molecular weight excluding hydrogens is 368 g/mol. The second-order valence-electron chi connectivity index (χ2n) is 2.73. The predicted molar refractivity (Wildman–Crippen MR) is 48.9 cm³/mol. The largest absolute Gasteiger partial charge is 2.00 e. The topological polar surface area (TPSA) is 80.3 Å². The molecule has 0 N–H and O–H groups in total. The van der Waals surface area contributed by atoms with Gasteiger partial charge in [-0.15, -0.1) is 11.5 Å². The van der Waals surface area contributed by atoms with Crippen molar-refractivity contribution < 1.29 is 40.9 Å². The Bertz CT molecular complexity index is 231. The average molecular weight is 382 g/mol. The van der Waals surface area contributed by atoms with Crippen molar-refractivity contribution in [2.75, 3.05) is 0 Å². The van der Waals surface area contributed by atoms with Gasteiger partial charge in [0.2, 0.25) is 0 Å². The van der Waals surface area contributed by atoms with Crippen LogP contribution < -0.4 is 10.2 Å². The Labute approximate surface area is 104 Å². The van der Waals surface area contributed by atoms with E-state index in [0.29, 0.717) is 0 Å². The molecule has 0 amide bonds. The summed E-state index contributed by atoms with van der Waals surface area (Å²) >= 11 is 0. The molecule has 0 saturated heterocycles. The van der Waals surface area contributed by atoms with Gasteiger partial charge in [0.15, 0.2) is 11.6 Å². The molecule has 0 aliphatic carbocycles. The van der Waals surface area contributed by atoms with Gasteiger partial charge in [0, 0.05) is 0 Å². The molecule has 84 valence electrons. The number of hydrogen-bond donors (Lipinski definition) is 0. The average Bonchev–Trinajstić information content (AvgIpc) is 1.79. The van der Waals surface area contributed by atoms with Crippen molar-refractivity contribution in [1.29, 1.82) is 0 Å². The summed E-state index contributed by atoms with van der Waals surface area (Å²) in [4.78, 5) is 20.0. The van der Waals surface area contributed by atoms with E-state index < -0.39 is 0 Å². The first-order valence-corrected chi connectivity index (χ1v) is 3.97. The first kappa shape index (κ1) is 19.6. The molecule has 0 aliphatic rings. The van der Waals surface area contributed by atoms with Gasteiger partial charge in [-0.1, -0.05) is 13.8 Å². The Morgan fingerprint density at radius 2 is 1.00 bits per heavy atom. The zero-order valence-electron chi connectivity index (χ0n) is 9.20. The van der Waals surface area contributed by atoms with Gasteiger partial charge in [0.05, 0.1) is 0 Å². The van der Waals surface area contributed by atoms with Crippen LogP contribution in [0.2, 0.25) is 0 Å². The van der Waals surface area contributed by atoms with Crippen LogP contribution in [0.15, 0.2) is 23.7 Å². The van der Waals surface area contributed by atoms with Crippen LogP contribution in [0.3, 0.4) is 0 Å². The molecule has 0 saturated carbocycles. The monoisotopic (exact) mass is 382 g/mol. The summed E-state index contributed by atoms with van der Waals surface area (Å²) in [6.07, 6.45) is 2.11. The van der Waals surface area contributed by atoms with E-state index in [4.69, 9.17) is 0 Å². The van der Waals surface area contributed by atoms with Crippen LogP contribution in [0, 0.1) is 0 Å². The van der Waals surface area contributed by atoms with Gasteiger partial charge in [-0.2, -0.15) is 0 Å². The van der Waals surface area contributed by atoms with Crippen molar-refractivity contribution in [3.63, 3.8) is 0 Å². The maximum atomic E-state index is 9.98. The number of allylic oxidation sites excluding steroid dienone is 4. The van der Waals surface area contributed by atoms with E-state index in [2.05, 4.69) is 0 Å². The summed E-state index contributed by atoms with van der Waals surface area (Å²) in [6, 6.07) is 0. The van der Waals surface area contributed by atoms with Crippen molar-refractivity contribution in [1.82, 2.24) is 0 Å². The molecule has 0 rings (SSSR count). The third-order valence-electron chi connectivity index (χ3n) is 0.813. The van der Waals surface area contributed by atoms with Crippen LogP contribution in [0.5, 0.6) is 0 Å². The number of hydrogen-bond acceptors (Lipinski definition) is 4. The molecule has 0 bridgehead atoms. The molecule has 0 atom stereocenters. The molecule has 5 heteroatoms. The van der Waals surface area contributed by atoms with E-state index >= 15 is 0 Å². The van der Waals surface area contributed by atoms with Crippen LogP contribution >= 0.6 is 0 Å². The van der Waals surface area contributed by atoms with E-state index in [1.54, 1.807) is 0 Å². The van der Waals surface area contributed by atoms with E-state index in [-0.39, 0.29) is 44.2 Å². The molecule has 0 spiro atoms. The molecule has 0 aromatic heterocycles. The SMILES string of the molecule is CC(=O)/C=C(/C)[O-].CC(=O)/C=C(/C)[O-].[W+2]. The molecule has 4 nitrogen and oxygen atoms in total. The van der Waals surface area contributed by atoms with Gasteiger partial charge < -0.3 is 10.2 Å². The van der Waals surface area contributed by atoms with Crippen LogP contribution in [-0.2, 0) is 30.7 Å². The molecule has 0 aromatic carbocycles. The summed E-state index contributed by atoms with van der Waals surface area (Å²) in [5.41, 5.74) is 0. The smallest absolute Gasteiger partial charge is 0.876 e. The summed E-state index contributed by atoms with van der Waals surface area (Å²) in [6.45, 7) is 5.39. The summed E-state index contributed by atoms with van der Waals surface area (Å²) in [5.74, 6) is -0.750. The molecule has 0 aliphatic heterocycles. The first-order valence-electron chi connectivity index (χ1n) is 3.97. The van der Waals surface area contributed by atoms with Crippen molar-refractivity contribution in [3.8, 4) is 0 Å². The molecule has 0 fully saturated rings. The maximum absolute atomic E-state index is 9.98. The van der Waals surface area contributed by atoms with Crippen LogP contribution in [0.4, 0.5) is 0 Å². The Morgan fingerprint density at radius 3 is 1.00 bits per heavy atom. The number of carbonyl (C=O) groups is 2. The Balaban J connectivity index is -0.000000180. The van der Waals surface area contributed by atoms with Gasteiger partial charge in [-0.25, -0.2) is 0 Å². The van der Waals surface area contributed by atoms with Crippen molar-refractivity contribution >= 4 is 11.6 Å². The minimum Gasteiger partial charge on any atom is -0.876 e. The minimum atomic E-state index is -0.187. The van der Waals surface area contributed by atoms with Gasteiger partial charge in [-0.3, -0.25) is 9.59 Å². The maximum Gasteiger partial charge on any atom is 2.00 e. The van der Waals surface area contributed by atoms with Crippen LogP contribution in [-0.4, -0.2) is 11.6 Å². The molecule has 0 radical (unpaired) electrons. The molecule has 0 unspecified atom stereocenters. The Morgan fingerprint density at radius 1 is 0.800 bits per heavy atom. The van der Waals surface area contributed by atoms with Gasteiger partial charge in [0.1, 0.15) is 0 Å². The number of ketones is 2. The summed E-state index contributed by atoms with van der Waals surface area (Å²) in [7, 11) is 0. The van der Waals surface area contributed by atoms with Crippen molar-refractivity contribution in [3.05, 3.63) is 23.7 Å². The zero-order chi connectivity index (χ0) is 11.7. The fraction of sp³-hybridized carbons (Fsp3) is 0.400. The quantitative estimate of drug-likeness (QED) is 0.484. The molecule has 0 aromatic rings. The summed E-state index contributed by atoms with van der Waals surface area (Å²) < 4.78 is 0. The minimum absolute atomic E-state index is 0. The fourth-order valence-corrected chi connectivity index (χ4v) is 0.572. The number of rotatable bonds is 2. The Kier molecular flexibility index (Phi) is 14.6. The van der Waals surface area contributed by atoms with E-state index in [1.807, 2.05) is 0 Å². The molecular formula is C10H14O4W. The van der Waals surface area contributed by atoms with Gasteiger partial charge in [0.25, 0.3) is 0 Å². The van der Waals surface area contributed by atoms with Crippen molar-refractivity contribution in [2.24, 2.45) is 0 Å². The van der Waals surface area contributed by atoms with Crippen LogP contribution in [0.1, 0.15) is 27.7 Å². The second-order valence-corrected chi connectivity index (χ2v) is 2.73. The van der Waals surface area contributed by atoms with E-state index in [1.165, 1.54) is 27.7 Å². The zero-order valence-corrected chi connectivity index (χ0v) is 12.1. The van der Waals surface area contributed by atoms with E-state index in [0.717, 1.165) is 12.2 Å². The second kappa shape index (κ2) is 11.2. The molecule has 15 heavy (non-hydrogen) atoms. The fourth-order valence-electron chi connectivity index (χ4n) is 0.572. The van der Waals surface area contributed by atoms with Gasteiger partial charge in [-0.05, 0) is 26.0 Å². The predicted octanol–water partition coefficient (Wildman–Crippen LogP) is -0.324. The third kappa shape index (κ3) is 32.0. The first-order chi connectivity index (χ1) is 6.25. The normalized spacial score (nSPS) is 10.7. The molecule has 0 heterocycles. The Hall–Kier alpha value is -0.892. The number of carbonyl (C=O) groups excluding carboxylic acids is 2. The third-order valence-corrected chi connectivity index (χ3v) is 0.813. The standard InChI is InChI=1S/2C5H8O2.W/c2*1-4(6)3-5(2)7;/h2*3,6H,1-2H3;/q;;+2/p-2/b2*4-3-;. The van der Waals surface area contributed by atoms with Crippen molar-refractivity contribution in [2.45, 2.75) is 27.7 Å². The van der Waals surface area contributed by atoms with E-state index in [9.17, 15) is 19.8 Å².